The van der Waals surface area contributed by atoms with E-state index in [4.69, 9.17) is 0 Å². The van der Waals surface area contributed by atoms with Gasteiger partial charge in [-0.05, 0) is 20.9 Å². The quantitative estimate of drug-likeness (QED) is 0.526. The molecule has 0 aliphatic rings. The van der Waals surface area contributed by atoms with Crippen molar-refractivity contribution in [2.45, 2.75) is 0 Å². The van der Waals surface area contributed by atoms with Gasteiger partial charge in [-0.3, -0.25) is 0 Å². The van der Waals surface area contributed by atoms with Gasteiger partial charge in [0.25, 0.3) is 0 Å². The van der Waals surface area contributed by atoms with Gasteiger partial charge in [0.1, 0.15) is 5.10 Å². The van der Waals surface area contributed by atoms with Crippen molar-refractivity contribution >= 4 is 17.4 Å². The van der Waals surface area contributed by atoms with Gasteiger partial charge < -0.3 is 20.2 Å². The molecule has 0 amide bonds. The number of rotatable bonds is 2. The number of hydrogen-bond acceptors (Lipinski definition) is 6. The molecule has 0 aliphatic heterocycles. The molecule has 0 unspecified atom stereocenters. The van der Waals surface area contributed by atoms with Crippen LogP contribution in [0.1, 0.15) is 0 Å². The molecule has 2 aromatic heterocycles. The Morgan fingerprint density at radius 2 is 1.93 bits per heavy atom. The Balaban J connectivity index is 2.75. The highest BCUT2D eigenvalue weighted by Gasteiger charge is 2.25. The fourth-order valence-corrected chi connectivity index (χ4v) is 1.10. The monoisotopic (exact) mass is 209 g/mol. The Morgan fingerprint density at radius 1 is 1.20 bits per heavy atom. The van der Waals surface area contributed by atoms with Crippen molar-refractivity contribution in [1.29, 1.82) is 0 Å². The van der Waals surface area contributed by atoms with Crippen LogP contribution in [-0.4, -0.2) is 24.4 Å². The van der Waals surface area contributed by atoms with Crippen LogP contribution < -0.4 is 0 Å². The third-order valence-corrected chi connectivity index (χ3v) is 1.68. The first-order valence-corrected chi connectivity index (χ1v) is 3.74. The summed E-state index contributed by atoms with van der Waals surface area (Å²) in [6.45, 7) is 0. The smallest absolute Gasteiger partial charge is 0.390 e. The maximum atomic E-state index is 10.5. The highest BCUT2D eigenvalue weighted by Crippen LogP contribution is 2.15. The zero-order valence-electron chi connectivity index (χ0n) is 7.10. The highest BCUT2D eigenvalue weighted by molar-refractivity contribution is 5.44. The molecule has 2 aromatic rings. The summed E-state index contributed by atoms with van der Waals surface area (Å²) in [4.78, 5) is 22.9. The molecule has 9 nitrogen and oxygen atoms in total. The maximum Gasteiger partial charge on any atom is 0.514 e. The SMILES string of the molecule is O=[N+]([O-])c1nc2cccc([N+](=O)[O-])n2n1. The molecule has 9 heteroatoms. The van der Waals surface area contributed by atoms with Crippen LogP contribution in [0.15, 0.2) is 18.2 Å². The Kier molecular flexibility index (Phi) is 1.78. The molecule has 0 saturated heterocycles. The summed E-state index contributed by atoms with van der Waals surface area (Å²) in [7, 11) is 0. The van der Waals surface area contributed by atoms with Gasteiger partial charge in [0.05, 0.1) is 0 Å². The van der Waals surface area contributed by atoms with Crippen LogP contribution in [0.2, 0.25) is 0 Å². The molecular formula is C6H3N5O4. The van der Waals surface area contributed by atoms with Crippen LogP contribution in [0.25, 0.3) is 5.65 Å². The van der Waals surface area contributed by atoms with E-state index in [0.717, 1.165) is 4.52 Å². The van der Waals surface area contributed by atoms with Gasteiger partial charge in [-0.2, -0.15) is 0 Å². The predicted octanol–water partition coefficient (Wildman–Crippen LogP) is 0.546. The van der Waals surface area contributed by atoms with Gasteiger partial charge >= 0.3 is 17.4 Å². The van der Waals surface area contributed by atoms with Gasteiger partial charge in [0.15, 0.2) is 0 Å². The lowest BCUT2D eigenvalue weighted by Crippen LogP contribution is -1.98. The average Bonchev–Trinajstić information content (AvgIpc) is 2.60. The standard InChI is InChI=1S/C6H3N5O4/c12-10(13)5-3-1-2-4-7-6(11(14)15)8-9(4)5/h1-3H. The van der Waals surface area contributed by atoms with E-state index in [1.54, 1.807) is 0 Å². The number of pyridine rings is 1. The Labute approximate surface area is 81.3 Å². The largest absolute Gasteiger partial charge is 0.514 e. The molecular weight excluding hydrogens is 206 g/mol. The minimum atomic E-state index is -0.809. The third-order valence-electron chi connectivity index (χ3n) is 1.68. The molecule has 0 aliphatic carbocycles. The molecule has 76 valence electrons. The summed E-state index contributed by atoms with van der Waals surface area (Å²) in [5.41, 5.74) is 0.0656. The van der Waals surface area contributed by atoms with E-state index in [0.29, 0.717) is 0 Å². The summed E-state index contributed by atoms with van der Waals surface area (Å²) in [6, 6.07) is 3.96. The summed E-state index contributed by atoms with van der Waals surface area (Å²) in [6.07, 6.45) is 0. The van der Waals surface area contributed by atoms with Gasteiger partial charge in [-0.1, -0.05) is 0 Å². The second-order valence-electron chi connectivity index (χ2n) is 2.58. The number of fused-ring (bicyclic) bond motifs is 1. The lowest BCUT2D eigenvalue weighted by atomic mass is 10.4. The Bertz CT molecular complexity index is 562. The van der Waals surface area contributed by atoms with E-state index in [1.165, 1.54) is 18.2 Å². The average molecular weight is 209 g/mol. The fraction of sp³-hybridized carbons (Fsp3) is 0. The normalized spacial score (nSPS) is 10.4. The number of nitrogens with zero attached hydrogens (tertiary/aromatic N) is 5. The van der Waals surface area contributed by atoms with Crippen molar-refractivity contribution in [3.8, 4) is 0 Å². The summed E-state index contributed by atoms with van der Waals surface area (Å²) in [5, 5.41) is 24.3. The minimum Gasteiger partial charge on any atom is -0.390 e. The second kappa shape index (κ2) is 2.97. The lowest BCUT2D eigenvalue weighted by molar-refractivity contribution is -0.397. The second-order valence-corrected chi connectivity index (χ2v) is 2.58. The van der Waals surface area contributed by atoms with Crippen LogP contribution in [0.3, 0.4) is 0 Å². The predicted molar refractivity (Wildman–Crippen MR) is 46.3 cm³/mol. The van der Waals surface area contributed by atoms with Gasteiger partial charge in [0, 0.05) is 16.6 Å². The molecule has 0 N–H and O–H groups in total. The van der Waals surface area contributed by atoms with Gasteiger partial charge in [-0.25, -0.2) is 0 Å². The number of aromatic nitrogens is 3. The van der Waals surface area contributed by atoms with Crippen molar-refractivity contribution in [3.05, 3.63) is 38.4 Å². The maximum absolute atomic E-state index is 10.5. The van der Waals surface area contributed by atoms with Crippen molar-refractivity contribution in [3.63, 3.8) is 0 Å². The van der Waals surface area contributed by atoms with Crippen LogP contribution in [0.4, 0.5) is 11.8 Å². The van der Waals surface area contributed by atoms with E-state index >= 15 is 0 Å². The summed E-state index contributed by atoms with van der Waals surface area (Å²) in [5.74, 6) is -1.03. The van der Waals surface area contributed by atoms with Crippen LogP contribution in [0.5, 0.6) is 0 Å². The van der Waals surface area contributed by atoms with Crippen LogP contribution >= 0.6 is 0 Å². The van der Waals surface area contributed by atoms with Crippen molar-refractivity contribution < 1.29 is 9.85 Å². The Morgan fingerprint density at radius 3 is 2.53 bits per heavy atom. The lowest BCUT2D eigenvalue weighted by Gasteiger charge is -1.90. The molecule has 0 saturated carbocycles. The van der Waals surface area contributed by atoms with Crippen molar-refractivity contribution in [1.82, 2.24) is 14.6 Å². The van der Waals surface area contributed by atoms with E-state index in [-0.39, 0.29) is 11.5 Å². The van der Waals surface area contributed by atoms with Gasteiger partial charge in [0.2, 0.25) is 0 Å². The van der Waals surface area contributed by atoms with E-state index < -0.39 is 15.8 Å². The molecule has 2 heterocycles. The van der Waals surface area contributed by atoms with E-state index in [1.807, 2.05) is 0 Å². The zero-order chi connectivity index (χ0) is 11.0. The molecule has 0 bridgehead atoms. The Hall–Kier alpha value is -2.58. The van der Waals surface area contributed by atoms with Crippen LogP contribution in [-0.2, 0) is 0 Å². The van der Waals surface area contributed by atoms with Crippen molar-refractivity contribution in [2.24, 2.45) is 0 Å². The third kappa shape index (κ3) is 1.35. The summed E-state index contributed by atoms with van der Waals surface area (Å²) >= 11 is 0. The molecule has 0 fully saturated rings. The molecule has 2 rings (SSSR count). The number of nitro groups is 2. The first-order chi connectivity index (χ1) is 7.09. The molecule has 0 spiro atoms. The van der Waals surface area contributed by atoms with E-state index in [2.05, 4.69) is 10.1 Å². The molecule has 15 heavy (non-hydrogen) atoms. The first-order valence-electron chi connectivity index (χ1n) is 3.74. The topological polar surface area (TPSA) is 116 Å². The highest BCUT2D eigenvalue weighted by atomic mass is 16.6. The molecule has 0 aromatic carbocycles. The van der Waals surface area contributed by atoms with Crippen LogP contribution in [0, 0.1) is 20.2 Å². The van der Waals surface area contributed by atoms with Gasteiger partial charge in [-0.15, -0.1) is 0 Å². The van der Waals surface area contributed by atoms with Crippen molar-refractivity contribution in [2.75, 3.05) is 0 Å². The minimum absolute atomic E-state index is 0.0656. The molecule has 0 atom stereocenters. The number of hydrogen-bond donors (Lipinski definition) is 0. The van der Waals surface area contributed by atoms with E-state index in [9.17, 15) is 20.2 Å². The fourth-order valence-electron chi connectivity index (χ4n) is 1.10. The first kappa shape index (κ1) is 8.99. The zero-order valence-corrected chi connectivity index (χ0v) is 7.10. The molecule has 0 radical (unpaired) electrons. The summed E-state index contributed by atoms with van der Waals surface area (Å²) < 4.78 is 0.818.